The Morgan fingerprint density at radius 3 is 2.56 bits per heavy atom. The van der Waals surface area contributed by atoms with E-state index in [2.05, 4.69) is 15.5 Å². The summed E-state index contributed by atoms with van der Waals surface area (Å²) in [5, 5.41) is 10.7. The highest BCUT2D eigenvalue weighted by atomic mass is 32.2. The van der Waals surface area contributed by atoms with Gasteiger partial charge in [-0.1, -0.05) is 42.4 Å². The van der Waals surface area contributed by atoms with E-state index in [9.17, 15) is 13.2 Å². The summed E-state index contributed by atoms with van der Waals surface area (Å²) >= 11 is 1.14. The third kappa shape index (κ3) is 5.20. The van der Waals surface area contributed by atoms with Crippen LogP contribution in [0.25, 0.3) is 11.5 Å². The number of piperidine rings is 1. The molecule has 2 aromatic carbocycles. The zero-order chi connectivity index (χ0) is 22.6. The van der Waals surface area contributed by atoms with Crippen LogP contribution < -0.4 is 5.32 Å². The van der Waals surface area contributed by atoms with Crippen LogP contribution in [0.2, 0.25) is 0 Å². The van der Waals surface area contributed by atoms with E-state index in [1.54, 1.807) is 31.2 Å². The van der Waals surface area contributed by atoms with Crippen LogP contribution in [0.4, 0.5) is 5.69 Å². The Bertz CT molecular complexity index is 1180. The number of nitrogens with zero attached hydrogens (tertiary/aromatic N) is 3. The van der Waals surface area contributed by atoms with Crippen molar-refractivity contribution in [3.8, 4) is 11.5 Å². The predicted molar refractivity (Wildman–Crippen MR) is 123 cm³/mol. The Kier molecular flexibility index (Phi) is 6.92. The van der Waals surface area contributed by atoms with Crippen LogP contribution in [0, 0.1) is 0 Å². The van der Waals surface area contributed by atoms with Gasteiger partial charge in [0.15, 0.2) is 0 Å². The zero-order valence-electron chi connectivity index (χ0n) is 17.6. The van der Waals surface area contributed by atoms with Crippen LogP contribution in [0.3, 0.4) is 0 Å². The standard InChI is InChI=1S/C22H24N4O4S2/c1-16(20(27)23-18-10-4-2-5-11-18)31-22-25-24-21(30-22)17-9-8-12-19(15-17)32(28,29)26-13-6-3-7-14-26/h2,4-5,8-12,15-16H,3,6-7,13-14H2,1H3,(H,23,27)/t16-/m0/s1. The molecule has 0 spiro atoms. The topological polar surface area (TPSA) is 105 Å². The lowest BCUT2D eigenvalue weighted by Crippen LogP contribution is -2.35. The van der Waals surface area contributed by atoms with Crippen molar-refractivity contribution in [3.05, 3.63) is 54.6 Å². The van der Waals surface area contributed by atoms with Gasteiger partial charge in [-0.05, 0) is 50.1 Å². The molecule has 0 unspecified atom stereocenters. The summed E-state index contributed by atoms with van der Waals surface area (Å²) in [6.07, 6.45) is 2.80. The lowest BCUT2D eigenvalue weighted by molar-refractivity contribution is -0.115. The van der Waals surface area contributed by atoms with Crippen LogP contribution in [0.5, 0.6) is 0 Å². The first-order valence-corrected chi connectivity index (χ1v) is 12.7. The van der Waals surface area contributed by atoms with Gasteiger partial charge < -0.3 is 9.73 Å². The molecule has 1 amide bonds. The maximum atomic E-state index is 13.0. The number of carbonyl (C=O) groups excluding carboxylic acids is 1. The molecule has 0 radical (unpaired) electrons. The van der Waals surface area contributed by atoms with Gasteiger partial charge in [-0.15, -0.1) is 10.2 Å². The number of carbonyl (C=O) groups is 1. The second kappa shape index (κ2) is 9.85. The van der Waals surface area contributed by atoms with E-state index in [0.717, 1.165) is 31.0 Å². The molecule has 1 aliphatic rings. The van der Waals surface area contributed by atoms with Crippen molar-refractivity contribution < 1.29 is 17.6 Å². The van der Waals surface area contributed by atoms with Gasteiger partial charge in [-0.2, -0.15) is 4.31 Å². The first-order chi connectivity index (χ1) is 15.4. The van der Waals surface area contributed by atoms with Crippen molar-refractivity contribution in [2.24, 2.45) is 0 Å². The smallest absolute Gasteiger partial charge is 0.277 e. The number of benzene rings is 2. The Labute approximate surface area is 191 Å². The van der Waals surface area contributed by atoms with Gasteiger partial charge in [0.05, 0.1) is 10.1 Å². The largest absolute Gasteiger partial charge is 0.411 e. The Morgan fingerprint density at radius 1 is 1.06 bits per heavy atom. The number of hydrogen-bond acceptors (Lipinski definition) is 7. The van der Waals surface area contributed by atoms with Gasteiger partial charge in [0.2, 0.25) is 21.8 Å². The van der Waals surface area contributed by atoms with Crippen LogP contribution in [-0.2, 0) is 14.8 Å². The summed E-state index contributed by atoms with van der Waals surface area (Å²) in [4.78, 5) is 12.6. The number of amides is 1. The Balaban J connectivity index is 1.45. The molecular formula is C22H24N4O4S2. The second-order valence-electron chi connectivity index (χ2n) is 7.48. The highest BCUT2D eigenvalue weighted by Crippen LogP contribution is 2.29. The summed E-state index contributed by atoms with van der Waals surface area (Å²) in [6.45, 7) is 2.83. The summed E-state index contributed by atoms with van der Waals surface area (Å²) in [5.74, 6) is 0.0226. The molecule has 1 atom stereocenters. The fraction of sp³-hybridized carbons (Fsp3) is 0.318. The van der Waals surface area contributed by atoms with E-state index in [-0.39, 0.29) is 21.9 Å². The molecule has 3 aromatic rings. The minimum Gasteiger partial charge on any atom is -0.411 e. The Hall–Kier alpha value is -2.69. The van der Waals surface area contributed by atoms with Crippen LogP contribution in [-0.4, -0.2) is 47.2 Å². The predicted octanol–water partition coefficient (Wildman–Crippen LogP) is 4.03. The molecule has 1 N–H and O–H groups in total. The van der Waals surface area contributed by atoms with E-state index < -0.39 is 15.3 Å². The number of para-hydroxylation sites is 1. The molecule has 32 heavy (non-hydrogen) atoms. The van der Waals surface area contributed by atoms with E-state index in [1.165, 1.54) is 4.31 Å². The van der Waals surface area contributed by atoms with Crippen LogP contribution in [0.15, 0.2) is 69.1 Å². The number of hydrogen-bond donors (Lipinski definition) is 1. The van der Waals surface area contributed by atoms with Crippen molar-refractivity contribution in [3.63, 3.8) is 0 Å². The molecule has 4 rings (SSSR count). The summed E-state index contributed by atoms with van der Waals surface area (Å²) in [7, 11) is -3.56. The number of sulfonamides is 1. The molecule has 0 saturated carbocycles. The number of nitrogens with one attached hydrogen (secondary N) is 1. The number of anilines is 1. The average molecular weight is 473 g/mol. The molecule has 0 bridgehead atoms. The van der Waals surface area contributed by atoms with E-state index in [4.69, 9.17) is 4.42 Å². The second-order valence-corrected chi connectivity index (χ2v) is 10.7. The maximum absolute atomic E-state index is 13.0. The number of rotatable bonds is 7. The van der Waals surface area contributed by atoms with Crippen LogP contribution in [0.1, 0.15) is 26.2 Å². The van der Waals surface area contributed by atoms with Gasteiger partial charge in [0.25, 0.3) is 5.22 Å². The molecule has 1 aliphatic heterocycles. The fourth-order valence-electron chi connectivity index (χ4n) is 3.39. The quantitative estimate of drug-likeness (QED) is 0.518. The SMILES string of the molecule is C[C@H](Sc1nnc(-c2cccc(S(=O)(=O)N3CCCCC3)c2)o1)C(=O)Nc1ccccc1. The van der Waals surface area contributed by atoms with Crippen molar-refractivity contribution in [1.29, 1.82) is 0 Å². The lowest BCUT2D eigenvalue weighted by atomic mass is 10.2. The normalized spacial score (nSPS) is 15.9. The Morgan fingerprint density at radius 2 is 1.81 bits per heavy atom. The van der Waals surface area contributed by atoms with Crippen molar-refractivity contribution in [1.82, 2.24) is 14.5 Å². The third-order valence-electron chi connectivity index (χ3n) is 5.13. The first-order valence-electron chi connectivity index (χ1n) is 10.4. The van der Waals surface area contributed by atoms with Gasteiger partial charge in [-0.25, -0.2) is 8.42 Å². The molecule has 10 heteroatoms. The molecule has 1 saturated heterocycles. The summed E-state index contributed by atoms with van der Waals surface area (Å²) < 4.78 is 33.1. The van der Waals surface area contributed by atoms with E-state index >= 15 is 0 Å². The number of thioether (sulfide) groups is 1. The minimum absolute atomic E-state index is 0.185. The van der Waals surface area contributed by atoms with E-state index in [1.807, 2.05) is 30.3 Å². The van der Waals surface area contributed by atoms with Crippen molar-refractivity contribution >= 4 is 33.4 Å². The molecule has 2 heterocycles. The monoisotopic (exact) mass is 472 g/mol. The molecular weight excluding hydrogens is 448 g/mol. The van der Waals surface area contributed by atoms with Crippen LogP contribution >= 0.6 is 11.8 Å². The maximum Gasteiger partial charge on any atom is 0.277 e. The first kappa shape index (κ1) is 22.5. The molecule has 8 nitrogen and oxygen atoms in total. The molecule has 0 aliphatic carbocycles. The summed E-state index contributed by atoms with van der Waals surface area (Å²) in [6, 6.07) is 15.7. The molecule has 1 fully saturated rings. The minimum atomic E-state index is -3.56. The highest BCUT2D eigenvalue weighted by Gasteiger charge is 2.26. The fourth-order valence-corrected chi connectivity index (χ4v) is 5.63. The van der Waals surface area contributed by atoms with Gasteiger partial charge in [-0.3, -0.25) is 4.79 Å². The van der Waals surface area contributed by atoms with Gasteiger partial charge in [0, 0.05) is 24.3 Å². The highest BCUT2D eigenvalue weighted by molar-refractivity contribution is 8.00. The van der Waals surface area contributed by atoms with Crippen molar-refractivity contribution in [2.45, 2.75) is 41.6 Å². The van der Waals surface area contributed by atoms with E-state index in [0.29, 0.717) is 24.3 Å². The average Bonchev–Trinajstić information content (AvgIpc) is 3.29. The zero-order valence-corrected chi connectivity index (χ0v) is 19.2. The third-order valence-corrected chi connectivity index (χ3v) is 7.96. The van der Waals surface area contributed by atoms with Gasteiger partial charge >= 0.3 is 0 Å². The molecule has 1 aromatic heterocycles. The summed E-state index contributed by atoms with van der Waals surface area (Å²) in [5.41, 5.74) is 1.23. The molecule has 168 valence electrons. The van der Waals surface area contributed by atoms with Gasteiger partial charge in [0.1, 0.15) is 0 Å². The number of aromatic nitrogens is 2. The van der Waals surface area contributed by atoms with Crippen molar-refractivity contribution in [2.75, 3.05) is 18.4 Å². The lowest BCUT2D eigenvalue weighted by Gasteiger charge is -2.25.